The molecule has 0 aromatic carbocycles. The van der Waals surface area contributed by atoms with Gasteiger partial charge in [0, 0.05) is 24.8 Å². The van der Waals surface area contributed by atoms with E-state index in [2.05, 4.69) is 15.1 Å². The second-order valence-corrected chi connectivity index (χ2v) is 5.65. The van der Waals surface area contributed by atoms with Crippen LogP contribution >= 0.6 is 11.3 Å². The van der Waals surface area contributed by atoms with Crippen LogP contribution in [-0.2, 0) is 7.05 Å². The van der Waals surface area contributed by atoms with Crippen molar-refractivity contribution in [3.8, 4) is 10.7 Å². The fourth-order valence-electron chi connectivity index (χ4n) is 2.06. The molecule has 3 aromatic heterocycles. The van der Waals surface area contributed by atoms with Crippen molar-refractivity contribution < 1.29 is 4.79 Å². The van der Waals surface area contributed by atoms with Gasteiger partial charge in [0.15, 0.2) is 5.78 Å². The first kappa shape index (κ1) is 14.3. The maximum absolute atomic E-state index is 12.2. The number of allylic oxidation sites excluding steroid dienone is 1. The van der Waals surface area contributed by atoms with E-state index in [0.29, 0.717) is 5.56 Å². The topological polar surface area (TPSA) is 60.7 Å². The first-order chi connectivity index (χ1) is 10.6. The first-order valence-electron chi connectivity index (χ1n) is 6.73. The summed E-state index contributed by atoms with van der Waals surface area (Å²) in [6.45, 7) is 1.82. The Bertz CT molecular complexity index is 833. The molecule has 0 aliphatic heterocycles. The average molecular weight is 310 g/mol. The van der Waals surface area contributed by atoms with E-state index >= 15 is 0 Å². The van der Waals surface area contributed by atoms with E-state index in [1.54, 1.807) is 30.2 Å². The van der Waals surface area contributed by atoms with Crippen molar-refractivity contribution >= 4 is 23.2 Å². The molecule has 6 heteroatoms. The molecule has 0 bridgehead atoms. The lowest BCUT2D eigenvalue weighted by atomic mass is 10.1. The molecule has 0 spiro atoms. The van der Waals surface area contributed by atoms with Gasteiger partial charge in [-0.1, -0.05) is 6.07 Å². The summed E-state index contributed by atoms with van der Waals surface area (Å²) >= 11 is 1.50. The zero-order chi connectivity index (χ0) is 15.5. The Hall–Kier alpha value is -2.60. The molecule has 0 unspecified atom stereocenters. The second-order valence-electron chi connectivity index (χ2n) is 4.79. The number of ketones is 1. The fourth-order valence-corrected chi connectivity index (χ4v) is 2.83. The highest BCUT2D eigenvalue weighted by atomic mass is 32.1. The van der Waals surface area contributed by atoms with Crippen molar-refractivity contribution in [1.82, 2.24) is 19.7 Å². The maximum atomic E-state index is 12.2. The highest BCUT2D eigenvalue weighted by Crippen LogP contribution is 2.22. The predicted octanol–water partition coefficient (Wildman–Crippen LogP) is 3.14. The maximum Gasteiger partial charge on any atom is 0.189 e. The molecule has 3 heterocycles. The molecule has 110 valence electrons. The lowest BCUT2D eigenvalue weighted by Gasteiger charge is -1.92. The Kier molecular flexibility index (Phi) is 3.93. The number of thiazole rings is 1. The van der Waals surface area contributed by atoms with Crippen LogP contribution in [0.4, 0.5) is 0 Å². The van der Waals surface area contributed by atoms with Gasteiger partial charge >= 0.3 is 0 Å². The number of aromatic nitrogens is 4. The normalized spacial score (nSPS) is 11.2. The minimum Gasteiger partial charge on any atom is -0.289 e. The smallest absolute Gasteiger partial charge is 0.189 e. The number of nitrogens with zero attached hydrogens (tertiary/aromatic N) is 4. The lowest BCUT2D eigenvalue weighted by molar-refractivity contribution is 0.104. The molecule has 0 aliphatic carbocycles. The van der Waals surface area contributed by atoms with Crippen LogP contribution in [0.1, 0.15) is 21.7 Å². The van der Waals surface area contributed by atoms with Crippen LogP contribution in [0.5, 0.6) is 0 Å². The quantitative estimate of drug-likeness (QED) is 0.548. The monoisotopic (exact) mass is 310 g/mol. The third-order valence-electron chi connectivity index (χ3n) is 3.09. The summed E-state index contributed by atoms with van der Waals surface area (Å²) in [5.74, 6) is -0.0713. The van der Waals surface area contributed by atoms with Gasteiger partial charge in [-0.05, 0) is 31.2 Å². The van der Waals surface area contributed by atoms with E-state index in [1.165, 1.54) is 17.4 Å². The lowest BCUT2D eigenvalue weighted by Crippen LogP contribution is -1.94. The summed E-state index contributed by atoms with van der Waals surface area (Å²) in [4.78, 5) is 20.9. The average Bonchev–Trinajstić information content (AvgIpc) is 3.12. The predicted molar refractivity (Wildman–Crippen MR) is 86.7 cm³/mol. The van der Waals surface area contributed by atoms with Gasteiger partial charge in [0.05, 0.1) is 22.6 Å². The standard InChI is InChI=1S/C16H14N4OS/c1-11-13(9-20(2)19-11)15(21)7-6-12-10-22-16(18-12)14-5-3-4-8-17-14/h3-10H,1-2H3. The van der Waals surface area contributed by atoms with Crippen LogP contribution in [0.25, 0.3) is 16.8 Å². The van der Waals surface area contributed by atoms with Gasteiger partial charge in [-0.2, -0.15) is 5.10 Å². The van der Waals surface area contributed by atoms with Crippen molar-refractivity contribution in [3.05, 3.63) is 59.0 Å². The SMILES string of the molecule is Cc1nn(C)cc1C(=O)C=Cc1csc(-c2ccccn2)n1. The Morgan fingerprint density at radius 3 is 2.91 bits per heavy atom. The zero-order valence-corrected chi connectivity index (χ0v) is 13.0. The molecule has 0 fully saturated rings. The van der Waals surface area contributed by atoms with Crippen LogP contribution in [0.2, 0.25) is 0 Å². The summed E-state index contributed by atoms with van der Waals surface area (Å²) in [5.41, 5.74) is 2.92. The summed E-state index contributed by atoms with van der Waals surface area (Å²) < 4.78 is 1.64. The minimum absolute atomic E-state index is 0.0713. The third kappa shape index (κ3) is 3.01. The number of pyridine rings is 1. The summed E-state index contributed by atoms with van der Waals surface area (Å²) in [6.07, 6.45) is 6.71. The highest BCUT2D eigenvalue weighted by molar-refractivity contribution is 7.13. The molecule has 0 saturated heterocycles. The molecule has 0 N–H and O–H groups in total. The Morgan fingerprint density at radius 1 is 1.36 bits per heavy atom. The minimum atomic E-state index is -0.0713. The number of hydrogen-bond donors (Lipinski definition) is 0. The van der Waals surface area contributed by atoms with Crippen molar-refractivity contribution in [2.75, 3.05) is 0 Å². The van der Waals surface area contributed by atoms with Crippen LogP contribution in [-0.4, -0.2) is 25.5 Å². The molecule has 0 radical (unpaired) electrons. The van der Waals surface area contributed by atoms with Gasteiger partial charge in [-0.15, -0.1) is 11.3 Å². The largest absolute Gasteiger partial charge is 0.289 e. The molecular formula is C16H14N4OS. The number of aryl methyl sites for hydroxylation is 2. The number of carbonyl (C=O) groups is 1. The van der Waals surface area contributed by atoms with E-state index in [-0.39, 0.29) is 5.78 Å². The molecule has 3 aromatic rings. The first-order valence-corrected chi connectivity index (χ1v) is 7.61. The molecule has 0 saturated carbocycles. The molecule has 0 atom stereocenters. The van der Waals surface area contributed by atoms with Crippen LogP contribution < -0.4 is 0 Å². The van der Waals surface area contributed by atoms with E-state index in [9.17, 15) is 4.79 Å². The summed E-state index contributed by atoms with van der Waals surface area (Å²) in [7, 11) is 1.80. The van der Waals surface area contributed by atoms with Gasteiger partial charge in [0.1, 0.15) is 5.01 Å². The molecule has 0 aliphatic rings. The Balaban J connectivity index is 1.78. The van der Waals surface area contributed by atoms with Crippen molar-refractivity contribution in [3.63, 3.8) is 0 Å². The number of hydrogen-bond acceptors (Lipinski definition) is 5. The molecule has 3 rings (SSSR count). The van der Waals surface area contributed by atoms with Crippen LogP contribution in [0.15, 0.2) is 42.0 Å². The molecule has 0 amide bonds. The van der Waals surface area contributed by atoms with Crippen LogP contribution in [0, 0.1) is 6.92 Å². The third-order valence-corrected chi connectivity index (χ3v) is 3.97. The van der Waals surface area contributed by atoms with E-state index in [4.69, 9.17) is 0 Å². The Labute approximate surface area is 132 Å². The highest BCUT2D eigenvalue weighted by Gasteiger charge is 2.10. The molecule has 22 heavy (non-hydrogen) atoms. The van der Waals surface area contributed by atoms with Gasteiger partial charge in [0.25, 0.3) is 0 Å². The molecule has 5 nitrogen and oxygen atoms in total. The van der Waals surface area contributed by atoms with E-state index in [1.807, 2.05) is 30.5 Å². The van der Waals surface area contributed by atoms with Crippen molar-refractivity contribution in [2.45, 2.75) is 6.92 Å². The van der Waals surface area contributed by atoms with Gasteiger partial charge in [-0.25, -0.2) is 4.98 Å². The van der Waals surface area contributed by atoms with E-state index in [0.717, 1.165) is 22.1 Å². The Morgan fingerprint density at radius 2 is 2.23 bits per heavy atom. The van der Waals surface area contributed by atoms with Gasteiger partial charge in [0.2, 0.25) is 0 Å². The number of rotatable bonds is 4. The van der Waals surface area contributed by atoms with Crippen molar-refractivity contribution in [1.29, 1.82) is 0 Å². The van der Waals surface area contributed by atoms with Crippen molar-refractivity contribution in [2.24, 2.45) is 7.05 Å². The van der Waals surface area contributed by atoms with E-state index < -0.39 is 0 Å². The number of carbonyl (C=O) groups excluding carboxylic acids is 1. The summed E-state index contributed by atoms with van der Waals surface area (Å²) in [5, 5.41) is 6.92. The van der Waals surface area contributed by atoms with Crippen LogP contribution in [0.3, 0.4) is 0 Å². The molecular weight excluding hydrogens is 296 g/mol. The second kappa shape index (κ2) is 6.03. The summed E-state index contributed by atoms with van der Waals surface area (Å²) in [6, 6.07) is 5.71. The fraction of sp³-hybridized carbons (Fsp3) is 0.125. The van der Waals surface area contributed by atoms with Gasteiger partial charge in [-0.3, -0.25) is 14.5 Å². The van der Waals surface area contributed by atoms with Gasteiger partial charge < -0.3 is 0 Å². The zero-order valence-electron chi connectivity index (χ0n) is 12.2.